The Hall–Kier alpha value is -1.18. The van der Waals surface area contributed by atoms with Gasteiger partial charge in [0, 0.05) is 50.3 Å². The smallest absolute Gasteiger partial charge is 0.266 e. The summed E-state index contributed by atoms with van der Waals surface area (Å²) in [5.74, 6) is 1.64. The number of hydrogen-bond acceptors (Lipinski definition) is 7. The van der Waals surface area contributed by atoms with Crippen molar-refractivity contribution in [3.63, 3.8) is 0 Å². The van der Waals surface area contributed by atoms with Gasteiger partial charge in [0.15, 0.2) is 0 Å². The number of likely N-dealkylation sites (tertiary alicyclic amines) is 1. The van der Waals surface area contributed by atoms with Crippen molar-refractivity contribution >= 4 is 5.95 Å². The Morgan fingerprint density at radius 1 is 1.12 bits per heavy atom. The van der Waals surface area contributed by atoms with E-state index in [2.05, 4.69) is 52.5 Å². The lowest BCUT2D eigenvalue weighted by Gasteiger charge is -2.47. The molecule has 2 saturated heterocycles. The summed E-state index contributed by atoms with van der Waals surface area (Å²) in [6.45, 7) is 14.1. The summed E-state index contributed by atoms with van der Waals surface area (Å²) in [5.41, 5.74) is 0. The van der Waals surface area contributed by atoms with Crippen molar-refractivity contribution in [2.75, 3.05) is 44.2 Å². The number of aliphatic hydroxyl groups is 1. The van der Waals surface area contributed by atoms with Crippen LogP contribution in [0, 0.1) is 0 Å². The van der Waals surface area contributed by atoms with Crippen LogP contribution in [0.4, 0.5) is 5.95 Å². The Bertz CT molecular complexity index is 554. The van der Waals surface area contributed by atoms with E-state index in [1.54, 1.807) is 0 Å². The number of aliphatic hydroxyl groups excluding tert-OH is 1. The zero-order valence-corrected chi connectivity index (χ0v) is 16.8. The molecule has 7 heteroatoms. The van der Waals surface area contributed by atoms with Gasteiger partial charge in [-0.15, -0.1) is 0 Å². The lowest BCUT2D eigenvalue weighted by atomic mass is 9.97. The Morgan fingerprint density at radius 2 is 1.85 bits per heavy atom. The van der Waals surface area contributed by atoms with Crippen LogP contribution >= 0.6 is 0 Å². The van der Waals surface area contributed by atoms with E-state index in [4.69, 9.17) is 4.52 Å². The molecule has 3 rings (SSSR count). The largest absolute Gasteiger partial charge is 0.396 e. The molecule has 1 atom stereocenters. The molecule has 0 aliphatic carbocycles. The van der Waals surface area contributed by atoms with Gasteiger partial charge in [-0.3, -0.25) is 4.90 Å². The first-order valence-corrected chi connectivity index (χ1v) is 10.2. The normalized spacial score (nSPS) is 24.1. The number of piperidine rings is 1. The van der Waals surface area contributed by atoms with Crippen LogP contribution in [0.3, 0.4) is 0 Å². The minimum absolute atomic E-state index is 0.226. The van der Waals surface area contributed by atoms with Crippen molar-refractivity contribution in [2.24, 2.45) is 0 Å². The zero-order valence-electron chi connectivity index (χ0n) is 16.8. The molecule has 0 bridgehead atoms. The lowest BCUT2D eigenvalue weighted by Crippen LogP contribution is -2.59. The SMILES string of the molecule is CC(C)c1nc(N2CCN(C3CCN(C(C)C)CC3)C(CCO)C2)no1. The van der Waals surface area contributed by atoms with Crippen LogP contribution in [0.5, 0.6) is 0 Å². The van der Waals surface area contributed by atoms with Crippen molar-refractivity contribution in [3.05, 3.63) is 5.89 Å². The van der Waals surface area contributed by atoms with Gasteiger partial charge in [0.2, 0.25) is 5.89 Å². The van der Waals surface area contributed by atoms with Crippen LogP contribution in [-0.4, -0.2) is 82.5 Å². The van der Waals surface area contributed by atoms with E-state index in [0.29, 0.717) is 30.0 Å². The monoisotopic (exact) mass is 365 g/mol. The van der Waals surface area contributed by atoms with Gasteiger partial charge in [-0.1, -0.05) is 13.8 Å². The van der Waals surface area contributed by atoms with E-state index < -0.39 is 0 Å². The Balaban J connectivity index is 1.62. The molecule has 0 saturated carbocycles. The highest BCUT2D eigenvalue weighted by atomic mass is 16.5. The summed E-state index contributed by atoms with van der Waals surface area (Å²) >= 11 is 0. The minimum Gasteiger partial charge on any atom is -0.396 e. The summed E-state index contributed by atoms with van der Waals surface area (Å²) in [5, 5.41) is 13.8. The third kappa shape index (κ3) is 4.38. The van der Waals surface area contributed by atoms with E-state index in [0.717, 1.165) is 26.1 Å². The first-order valence-electron chi connectivity index (χ1n) is 10.2. The molecule has 2 aliphatic rings. The van der Waals surface area contributed by atoms with Gasteiger partial charge in [-0.2, -0.15) is 4.98 Å². The van der Waals surface area contributed by atoms with Crippen LogP contribution < -0.4 is 4.90 Å². The molecule has 0 spiro atoms. The van der Waals surface area contributed by atoms with E-state index >= 15 is 0 Å². The molecule has 0 radical (unpaired) electrons. The second-order valence-electron chi connectivity index (χ2n) is 8.30. The van der Waals surface area contributed by atoms with Crippen LogP contribution in [0.2, 0.25) is 0 Å². The topological polar surface area (TPSA) is 68.9 Å². The summed E-state index contributed by atoms with van der Waals surface area (Å²) in [7, 11) is 0. The van der Waals surface area contributed by atoms with Gasteiger partial charge >= 0.3 is 0 Å². The van der Waals surface area contributed by atoms with E-state index in [9.17, 15) is 5.11 Å². The standard InChI is InChI=1S/C19H35N5O2/c1-14(2)18-20-19(21-26-18)23-10-11-24(17(13-23)7-12-25)16-5-8-22(9-6-16)15(3)4/h14-17,25H,5-13H2,1-4H3. The van der Waals surface area contributed by atoms with Gasteiger partial charge < -0.3 is 19.4 Å². The van der Waals surface area contributed by atoms with Gasteiger partial charge in [0.05, 0.1) is 0 Å². The molecule has 26 heavy (non-hydrogen) atoms. The van der Waals surface area contributed by atoms with Gasteiger partial charge in [0.1, 0.15) is 0 Å². The third-order valence-corrected chi connectivity index (χ3v) is 5.90. The number of aromatic nitrogens is 2. The average molecular weight is 366 g/mol. The zero-order chi connectivity index (χ0) is 18.7. The second kappa shape index (κ2) is 8.67. The van der Waals surface area contributed by atoms with Crippen molar-refractivity contribution in [1.29, 1.82) is 0 Å². The highest BCUT2D eigenvalue weighted by Gasteiger charge is 2.35. The Kier molecular flexibility index (Phi) is 6.53. The first kappa shape index (κ1) is 19.6. The molecular weight excluding hydrogens is 330 g/mol. The van der Waals surface area contributed by atoms with E-state index in [1.165, 1.54) is 25.9 Å². The van der Waals surface area contributed by atoms with Crippen LogP contribution in [0.25, 0.3) is 0 Å². The maximum absolute atomic E-state index is 9.58. The molecule has 148 valence electrons. The Morgan fingerprint density at radius 3 is 2.42 bits per heavy atom. The van der Waals surface area contributed by atoms with Crippen molar-refractivity contribution in [2.45, 2.75) is 71.0 Å². The fourth-order valence-electron chi connectivity index (χ4n) is 4.26. The number of piperazine rings is 1. The number of anilines is 1. The van der Waals surface area contributed by atoms with E-state index in [1.807, 2.05) is 0 Å². The molecule has 2 fully saturated rings. The fourth-order valence-corrected chi connectivity index (χ4v) is 4.26. The number of rotatable bonds is 6. The highest BCUT2D eigenvalue weighted by molar-refractivity contribution is 5.30. The summed E-state index contributed by atoms with van der Waals surface area (Å²) in [6.07, 6.45) is 3.25. The molecule has 1 unspecified atom stereocenters. The molecule has 0 amide bonds. The summed E-state index contributed by atoms with van der Waals surface area (Å²) < 4.78 is 5.38. The van der Waals surface area contributed by atoms with Crippen molar-refractivity contribution < 1.29 is 9.63 Å². The van der Waals surface area contributed by atoms with Crippen LogP contribution in [0.1, 0.15) is 58.8 Å². The van der Waals surface area contributed by atoms with Crippen molar-refractivity contribution in [3.8, 4) is 0 Å². The number of nitrogens with zero attached hydrogens (tertiary/aromatic N) is 5. The molecular formula is C19H35N5O2. The fraction of sp³-hybridized carbons (Fsp3) is 0.895. The molecule has 1 aromatic rings. The van der Waals surface area contributed by atoms with Gasteiger partial charge in [-0.25, -0.2) is 0 Å². The predicted molar refractivity (Wildman–Crippen MR) is 103 cm³/mol. The average Bonchev–Trinajstić information content (AvgIpc) is 3.12. The van der Waals surface area contributed by atoms with Crippen molar-refractivity contribution in [1.82, 2.24) is 19.9 Å². The summed E-state index contributed by atoms with van der Waals surface area (Å²) in [4.78, 5) is 12.0. The van der Waals surface area contributed by atoms with Gasteiger partial charge in [0.25, 0.3) is 5.95 Å². The molecule has 3 heterocycles. The molecule has 2 aliphatic heterocycles. The maximum Gasteiger partial charge on any atom is 0.266 e. The lowest BCUT2D eigenvalue weighted by molar-refractivity contribution is 0.0460. The summed E-state index contributed by atoms with van der Waals surface area (Å²) in [6, 6.07) is 1.61. The quantitative estimate of drug-likeness (QED) is 0.826. The molecule has 0 aromatic carbocycles. The van der Waals surface area contributed by atoms with Crippen LogP contribution in [0.15, 0.2) is 4.52 Å². The molecule has 1 N–H and O–H groups in total. The van der Waals surface area contributed by atoms with Gasteiger partial charge in [-0.05, 0) is 51.4 Å². The molecule has 7 nitrogen and oxygen atoms in total. The number of hydrogen-bond donors (Lipinski definition) is 1. The predicted octanol–water partition coefficient (Wildman–Crippen LogP) is 1.94. The second-order valence-corrected chi connectivity index (χ2v) is 8.30. The minimum atomic E-state index is 0.226. The van der Waals surface area contributed by atoms with Crippen LogP contribution in [-0.2, 0) is 0 Å². The van der Waals surface area contributed by atoms with E-state index in [-0.39, 0.29) is 12.5 Å². The Labute approximate surface area is 157 Å². The maximum atomic E-state index is 9.58. The first-order chi connectivity index (χ1) is 12.5. The third-order valence-electron chi connectivity index (χ3n) is 5.90. The molecule has 1 aromatic heterocycles. The highest BCUT2D eigenvalue weighted by Crippen LogP contribution is 2.26.